The van der Waals surface area contributed by atoms with E-state index in [1.54, 1.807) is 12.1 Å². The first kappa shape index (κ1) is 28.3. The van der Waals surface area contributed by atoms with Crippen LogP contribution in [0.15, 0.2) is 23.1 Å². The number of rotatable bonds is 15. The highest BCUT2D eigenvalue weighted by atomic mass is 32.2. The molecule has 0 heterocycles. The van der Waals surface area contributed by atoms with Crippen molar-refractivity contribution in [1.29, 1.82) is 0 Å². The molecule has 2 N–H and O–H groups in total. The van der Waals surface area contributed by atoms with Gasteiger partial charge in [-0.2, -0.15) is 25.3 Å². The summed E-state index contributed by atoms with van der Waals surface area (Å²) < 4.78 is 16.0. The van der Waals surface area contributed by atoms with Gasteiger partial charge < -0.3 is 24.4 Å². The summed E-state index contributed by atoms with van der Waals surface area (Å²) in [6.07, 6.45) is 0.773. The van der Waals surface area contributed by atoms with E-state index in [0.29, 0.717) is 28.6 Å². The van der Waals surface area contributed by atoms with Crippen LogP contribution >= 0.6 is 37.0 Å². The van der Waals surface area contributed by atoms with Crippen LogP contribution in [0, 0.1) is 5.41 Å². The highest BCUT2D eigenvalue weighted by Crippen LogP contribution is 2.35. The fourth-order valence-electron chi connectivity index (χ4n) is 2.40. The standard InChI is InChI=1S/C21H30O8S3/c1-2-21(12-27-17(23)6-9-30,13-28-18(24)7-10-31)14-29-19(25)8-11-32-16-5-3-4-15(22)20(16)26/h3-5,22,26,30-31H,2,6-14H2,1H3. The number of carbonyl (C=O) groups is 3. The maximum Gasteiger partial charge on any atom is 0.306 e. The molecule has 0 radical (unpaired) electrons. The Morgan fingerprint density at radius 3 is 1.88 bits per heavy atom. The SMILES string of the molecule is CCC(COC(=O)CCS)(COC(=O)CCS)COC(=O)CCSc1cccc(O)c1O. The summed E-state index contributed by atoms with van der Waals surface area (Å²) in [4.78, 5) is 36.2. The number of hydrogen-bond donors (Lipinski definition) is 4. The molecular formula is C21H30O8S3. The van der Waals surface area contributed by atoms with Gasteiger partial charge >= 0.3 is 17.9 Å². The summed E-state index contributed by atoms with van der Waals surface area (Å²) in [7, 11) is 0. The van der Waals surface area contributed by atoms with Crippen molar-refractivity contribution in [2.45, 2.75) is 37.5 Å². The van der Waals surface area contributed by atoms with Gasteiger partial charge in [0.1, 0.15) is 19.8 Å². The molecule has 1 rings (SSSR count). The number of para-hydroxylation sites is 1. The van der Waals surface area contributed by atoms with Crippen molar-refractivity contribution in [2.24, 2.45) is 5.41 Å². The third-order valence-electron chi connectivity index (χ3n) is 4.54. The Balaban J connectivity index is 2.64. The summed E-state index contributed by atoms with van der Waals surface area (Å²) in [5.41, 5.74) is -0.870. The fraction of sp³-hybridized carbons (Fsp3) is 0.571. The van der Waals surface area contributed by atoms with Crippen LogP contribution in [0.3, 0.4) is 0 Å². The van der Waals surface area contributed by atoms with E-state index in [2.05, 4.69) is 25.3 Å². The molecule has 0 unspecified atom stereocenters. The van der Waals surface area contributed by atoms with Gasteiger partial charge in [-0.05, 0) is 18.6 Å². The molecule has 1 aromatic rings. The second-order valence-electron chi connectivity index (χ2n) is 7.01. The minimum atomic E-state index is -0.870. The molecule has 8 nitrogen and oxygen atoms in total. The summed E-state index contributed by atoms with van der Waals surface area (Å²) >= 11 is 9.20. The van der Waals surface area contributed by atoms with Crippen molar-refractivity contribution in [3.63, 3.8) is 0 Å². The van der Waals surface area contributed by atoms with E-state index < -0.39 is 23.3 Å². The molecule has 0 atom stereocenters. The van der Waals surface area contributed by atoms with Gasteiger partial charge in [0.05, 0.1) is 29.6 Å². The first-order valence-electron chi connectivity index (χ1n) is 10.1. The van der Waals surface area contributed by atoms with Crippen LogP contribution in [0.25, 0.3) is 0 Å². The molecule has 11 heteroatoms. The van der Waals surface area contributed by atoms with E-state index in [1.807, 2.05) is 6.92 Å². The minimum Gasteiger partial charge on any atom is -0.504 e. The van der Waals surface area contributed by atoms with Crippen LogP contribution < -0.4 is 0 Å². The van der Waals surface area contributed by atoms with Crippen LogP contribution in [-0.4, -0.2) is 65.2 Å². The van der Waals surface area contributed by atoms with E-state index in [1.165, 1.54) is 17.8 Å². The Kier molecular flexibility index (Phi) is 13.4. The van der Waals surface area contributed by atoms with Crippen LogP contribution in [0.1, 0.15) is 32.6 Å². The molecule has 0 amide bonds. The molecule has 0 saturated heterocycles. The first-order valence-corrected chi connectivity index (χ1v) is 12.3. The van der Waals surface area contributed by atoms with Crippen LogP contribution in [-0.2, 0) is 28.6 Å². The fourth-order valence-corrected chi connectivity index (χ4v) is 3.67. The average Bonchev–Trinajstić information content (AvgIpc) is 2.77. The smallest absolute Gasteiger partial charge is 0.306 e. The Morgan fingerprint density at radius 1 is 0.906 bits per heavy atom. The molecule has 0 bridgehead atoms. The number of benzene rings is 1. The summed E-state index contributed by atoms with van der Waals surface area (Å²) in [6.45, 7) is 1.60. The Morgan fingerprint density at radius 2 is 1.41 bits per heavy atom. The van der Waals surface area contributed by atoms with Gasteiger partial charge in [0.2, 0.25) is 0 Å². The van der Waals surface area contributed by atoms with Gasteiger partial charge in [0.25, 0.3) is 0 Å². The van der Waals surface area contributed by atoms with E-state index in [4.69, 9.17) is 14.2 Å². The molecule has 0 aliphatic heterocycles. The van der Waals surface area contributed by atoms with Crippen molar-refractivity contribution >= 4 is 54.9 Å². The zero-order valence-corrected chi connectivity index (χ0v) is 20.6. The maximum absolute atomic E-state index is 12.2. The molecular weight excluding hydrogens is 476 g/mol. The molecule has 0 aromatic heterocycles. The Bertz CT molecular complexity index is 735. The van der Waals surface area contributed by atoms with Crippen molar-refractivity contribution in [2.75, 3.05) is 37.1 Å². The van der Waals surface area contributed by atoms with Crippen molar-refractivity contribution in [3.05, 3.63) is 18.2 Å². The van der Waals surface area contributed by atoms with Gasteiger partial charge in [-0.15, -0.1) is 11.8 Å². The summed E-state index contributed by atoms with van der Waals surface area (Å²) in [5.74, 6) is -0.818. The first-order chi connectivity index (χ1) is 15.3. The molecule has 0 aliphatic carbocycles. The van der Waals surface area contributed by atoms with Crippen molar-refractivity contribution in [3.8, 4) is 11.5 Å². The zero-order valence-electron chi connectivity index (χ0n) is 17.9. The van der Waals surface area contributed by atoms with Crippen LogP contribution in [0.2, 0.25) is 0 Å². The number of esters is 3. The third-order valence-corrected chi connectivity index (χ3v) is 6.04. The van der Waals surface area contributed by atoms with Crippen LogP contribution in [0.5, 0.6) is 11.5 Å². The van der Waals surface area contributed by atoms with E-state index in [0.717, 1.165) is 0 Å². The lowest BCUT2D eigenvalue weighted by atomic mass is 9.88. The molecule has 0 fully saturated rings. The Hall–Kier alpha value is -1.72. The monoisotopic (exact) mass is 506 g/mol. The lowest BCUT2D eigenvalue weighted by Gasteiger charge is -2.31. The molecule has 180 valence electrons. The number of hydrogen-bond acceptors (Lipinski definition) is 11. The predicted molar refractivity (Wildman–Crippen MR) is 128 cm³/mol. The number of ether oxygens (including phenoxy) is 3. The topological polar surface area (TPSA) is 119 Å². The molecule has 32 heavy (non-hydrogen) atoms. The number of carbonyl (C=O) groups excluding carboxylic acids is 3. The van der Waals surface area contributed by atoms with Gasteiger partial charge in [-0.3, -0.25) is 14.4 Å². The largest absolute Gasteiger partial charge is 0.504 e. The highest BCUT2D eigenvalue weighted by Gasteiger charge is 2.34. The number of thioether (sulfide) groups is 1. The third kappa shape index (κ3) is 10.3. The lowest BCUT2D eigenvalue weighted by molar-refractivity contribution is -0.161. The lowest BCUT2D eigenvalue weighted by Crippen LogP contribution is -2.39. The van der Waals surface area contributed by atoms with Gasteiger partial charge in [-0.1, -0.05) is 13.0 Å². The number of phenols is 2. The second-order valence-corrected chi connectivity index (χ2v) is 9.04. The van der Waals surface area contributed by atoms with E-state index >= 15 is 0 Å². The predicted octanol–water partition coefficient (Wildman–Crippen LogP) is 3.25. The number of aromatic hydroxyl groups is 2. The van der Waals surface area contributed by atoms with Gasteiger partial charge in [-0.25, -0.2) is 0 Å². The average molecular weight is 507 g/mol. The number of phenolic OH excluding ortho intramolecular Hbond substituents is 2. The van der Waals surface area contributed by atoms with Crippen molar-refractivity contribution in [1.82, 2.24) is 0 Å². The Labute approximate surface area is 203 Å². The normalized spacial score (nSPS) is 11.1. The van der Waals surface area contributed by atoms with Crippen LogP contribution in [0.4, 0.5) is 0 Å². The van der Waals surface area contributed by atoms with E-state index in [9.17, 15) is 24.6 Å². The number of thiol groups is 2. The zero-order chi connectivity index (χ0) is 24.0. The summed E-state index contributed by atoms with van der Waals surface area (Å²) in [5, 5.41) is 19.3. The minimum absolute atomic E-state index is 0.0540. The van der Waals surface area contributed by atoms with Crippen molar-refractivity contribution < 1.29 is 38.8 Å². The second kappa shape index (κ2) is 15.2. The quantitative estimate of drug-likeness (QED) is 0.0934. The highest BCUT2D eigenvalue weighted by molar-refractivity contribution is 7.99. The molecule has 0 aliphatic rings. The molecule has 1 aromatic carbocycles. The maximum atomic E-state index is 12.2. The van der Waals surface area contributed by atoms with E-state index in [-0.39, 0.29) is 50.6 Å². The van der Waals surface area contributed by atoms with Gasteiger partial charge in [0.15, 0.2) is 11.5 Å². The molecule has 0 spiro atoms. The molecule has 0 saturated carbocycles. The van der Waals surface area contributed by atoms with Gasteiger partial charge in [0, 0.05) is 17.3 Å². The summed E-state index contributed by atoms with van der Waals surface area (Å²) in [6, 6.07) is 4.59.